The lowest BCUT2D eigenvalue weighted by molar-refractivity contribution is -0.371. The molecular formula is C42H62O16. The van der Waals surface area contributed by atoms with Crippen LogP contribution in [0.15, 0.2) is 11.6 Å². The summed E-state index contributed by atoms with van der Waals surface area (Å²) in [6.45, 7) is 14.8. The molecule has 0 spiro atoms. The number of aliphatic hydroxyl groups is 5. The summed E-state index contributed by atoms with van der Waals surface area (Å²) in [4.78, 5) is 51.3. The molecule has 7 aliphatic rings. The summed E-state index contributed by atoms with van der Waals surface area (Å²) < 4.78 is 23.4. The van der Waals surface area contributed by atoms with Crippen molar-refractivity contribution < 1.29 is 79.0 Å². The quantitative estimate of drug-likeness (QED) is 0.171. The second-order valence-corrected chi connectivity index (χ2v) is 20.6. The highest BCUT2D eigenvalue weighted by molar-refractivity contribution is 5.95. The topological polar surface area (TPSA) is 267 Å². The molecule has 0 aromatic carbocycles. The molecule has 0 radical (unpaired) electrons. The minimum absolute atomic E-state index is 0.0217. The summed E-state index contributed by atoms with van der Waals surface area (Å²) in [6.07, 6.45) is -12.2. The Morgan fingerprint density at radius 2 is 1.28 bits per heavy atom. The normalized spacial score (nSPS) is 52.6. The van der Waals surface area contributed by atoms with E-state index < -0.39 is 107 Å². The van der Waals surface area contributed by atoms with Crippen molar-refractivity contribution in [3.8, 4) is 0 Å². The fourth-order valence-electron chi connectivity index (χ4n) is 13.4. The molecule has 16 heteroatoms. The van der Waals surface area contributed by atoms with Gasteiger partial charge in [0.2, 0.25) is 0 Å². The number of fused-ring (bicyclic) bond motifs is 7. The van der Waals surface area contributed by atoms with Crippen molar-refractivity contribution in [3.63, 3.8) is 0 Å². The van der Waals surface area contributed by atoms with Gasteiger partial charge in [0.15, 0.2) is 30.6 Å². The van der Waals surface area contributed by atoms with E-state index in [4.69, 9.17) is 18.9 Å². The lowest BCUT2D eigenvalue weighted by atomic mass is 9.33. The van der Waals surface area contributed by atoms with E-state index in [2.05, 4.69) is 27.7 Å². The number of carboxylic acids is 3. The first-order chi connectivity index (χ1) is 26.8. The van der Waals surface area contributed by atoms with E-state index in [1.54, 1.807) is 0 Å². The number of hydrogen-bond donors (Lipinski definition) is 8. The Hall–Kier alpha value is -2.54. The van der Waals surface area contributed by atoms with Crippen LogP contribution in [0, 0.1) is 50.2 Å². The van der Waals surface area contributed by atoms with E-state index >= 15 is 0 Å². The lowest BCUT2D eigenvalue weighted by Gasteiger charge is -2.70. The van der Waals surface area contributed by atoms with Crippen LogP contribution in [-0.2, 0) is 38.1 Å². The van der Waals surface area contributed by atoms with Crippen LogP contribution in [0.2, 0.25) is 0 Å². The molecule has 0 unspecified atom stereocenters. The zero-order chi connectivity index (χ0) is 42.9. The van der Waals surface area contributed by atoms with Crippen LogP contribution < -0.4 is 0 Å². The molecule has 0 bridgehead atoms. The Bertz CT molecular complexity index is 1730. The van der Waals surface area contributed by atoms with Crippen molar-refractivity contribution in [3.05, 3.63) is 11.6 Å². The predicted molar refractivity (Wildman–Crippen MR) is 199 cm³/mol. The molecule has 326 valence electrons. The van der Waals surface area contributed by atoms with Gasteiger partial charge in [0.05, 0.1) is 11.5 Å². The van der Waals surface area contributed by atoms with Gasteiger partial charge in [-0.3, -0.25) is 9.59 Å². The highest BCUT2D eigenvalue weighted by Gasteiger charge is 2.71. The molecule has 5 aliphatic carbocycles. The van der Waals surface area contributed by atoms with Crippen LogP contribution in [0.1, 0.15) is 106 Å². The summed E-state index contributed by atoms with van der Waals surface area (Å²) in [5.41, 5.74) is -1.81. The molecule has 19 atom stereocenters. The monoisotopic (exact) mass is 822 g/mol. The van der Waals surface area contributed by atoms with Gasteiger partial charge in [0.1, 0.15) is 36.6 Å². The van der Waals surface area contributed by atoms with Crippen LogP contribution in [0.4, 0.5) is 0 Å². The third-order valence-electron chi connectivity index (χ3n) is 17.2. The molecule has 58 heavy (non-hydrogen) atoms. The highest BCUT2D eigenvalue weighted by atomic mass is 16.8. The Morgan fingerprint density at radius 3 is 1.88 bits per heavy atom. The number of ether oxygens (including phenoxy) is 4. The van der Waals surface area contributed by atoms with Gasteiger partial charge < -0.3 is 59.8 Å². The Balaban J connectivity index is 1.17. The van der Waals surface area contributed by atoms with E-state index in [0.29, 0.717) is 25.7 Å². The van der Waals surface area contributed by atoms with E-state index in [9.17, 15) is 60.0 Å². The number of aliphatic carboxylic acids is 3. The molecule has 0 aromatic heterocycles. The Labute approximate surface area is 337 Å². The van der Waals surface area contributed by atoms with Gasteiger partial charge in [-0.15, -0.1) is 0 Å². The lowest BCUT2D eigenvalue weighted by Crippen LogP contribution is -2.68. The van der Waals surface area contributed by atoms with E-state index in [-0.39, 0.29) is 34.4 Å². The van der Waals surface area contributed by atoms with Crippen molar-refractivity contribution in [2.75, 3.05) is 0 Å². The number of rotatable bonds is 7. The number of carbonyl (C=O) groups is 4. The molecule has 7 rings (SSSR count). The van der Waals surface area contributed by atoms with Gasteiger partial charge in [-0.05, 0) is 110 Å². The molecule has 0 aromatic rings. The summed E-state index contributed by atoms with van der Waals surface area (Å²) in [6, 6.07) is 0. The van der Waals surface area contributed by atoms with Crippen molar-refractivity contribution >= 4 is 23.7 Å². The zero-order valence-corrected chi connectivity index (χ0v) is 34.4. The minimum Gasteiger partial charge on any atom is -0.481 e. The largest absolute Gasteiger partial charge is 0.481 e. The van der Waals surface area contributed by atoms with Gasteiger partial charge in [-0.1, -0.05) is 47.1 Å². The number of ketones is 1. The maximum Gasteiger partial charge on any atom is 0.335 e. The molecule has 6 fully saturated rings. The first-order valence-corrected chi connectivity index (χ1v) is 20.7. The SMILES string of the molecule is CC1(C)[C@@H](O[C@@H]2O[C@H](C(=O)O)[C@@H](O)[C@H](O)[C@H]2O[C@@H]2O[C@H](C(=O)O)[C@H](O)[C@H](O)[C@H]2O)CC[C@]2(C)[C@H]3C(=O)C=C4[C@@H]5C[C@@](C)(C(=O)O)CC[C@]5(C)CC[C@@]4(C)[C@]3(C)CC[C@@H]12. The maximum absolute atomic E-state index is 14.8. The summed E-state index contributed by atoms with van der Waals surface area (Å²) >= 11 is 0. The van der Waals surface area contributed by atoms with Gasteiger partial charge in [0.25, 0.3) is 0 Å². The predicted octanol–water partition coefficient (Wildman–Crippen LogP) is 2.25. The molecule has 8 N–H and O–H groups in total. The minimum atomic E-state index is -2.05. The molecule has 16 nitrogen and oxygen atoms in total. The smallest absolute Gasteiger partial charge is 0.335 e. The number of carboxylic acid groups (broad SMARTS) is 3. The summed E-state index contributed by atoms with van der Waals surface area (Å²) in [5, 5.41) is 83.0. The number of allylic oxidation sites excluding steroid dienone is 2. The number of hydrogen-bond acceptors (Lipinski definition) is 13. The van der Waals surface area contributed by atoms with Gasteiger partial charge in [0, 0.05) is 5.92 Å². The van der Waals surface area contributed by atoms with Gasteiger partial charge >= 0.3 is 17.9 Å². The van der Waals surface area contributed by atoms with E-state index in [1.807, 2.05) is 26.8 Å². The molecule has 2 aliphatic heterocycles. The average Bonchev–Trinajstić information content (AvgIpc) is 3.13. The number of carbonyl (C=O) groups excluding carboxylic acids is 1. The Morgan fingerprint density at radius 1 is 0.690 bits per heavy atom. The van der Waals surface area contributed by atoms with Crippen molar-refractivity contribution in [1.82, 2.24) is 0 Å². The molecule has 4 saturated carbocycles. The first-order valence-electron chi connectivity index (χ1n) is 20.7. The average molecular weight is 823 g/mol. The Kier molecular flexibility index (Phi) is 10.7. The van der Waals surface area contributed by atoms with Crippen molar-refractivity contribution in [1.29, 1.82) is 0 Å². The second-order valence-electron chi connectivity index (χ2n) is 20.6. The summed E-state index contributed by atoms with van der Waals surface area (Å²) in [5.74, 6) is -4.47. The van der Waals surface area contributed by atoms with E-state index in [0.717, 1.165) is 37.7 Å². The fraction of sp³-hybridized carbons (Fsp3) is 0.857. The van der Waals surface area contributed by atoms with Crippen molar-refractivity contribution in [2.24, 2.45) is 50.2 Å². The zero-order valence-electron chi connectivity index (χ0n) is 34.4. The van der Waals surface area contributed by atoms with Gasteiger partial charge in [-0.25, -0.2) is 9.59 Å². The molecule has 0 amide bonds. The first kappa shape index (κ1) is 43.5. The maximum atomic E-state index is 14.8. The third kappa shape index (κ3) is 6.25. The molecule has 2 saturated heterocycles. The van der Waals surface area contributed by atoms with Crippen molar-refractivity contribution in [2.45, 2.75) is 174 Å². The standard InChI is InChI=1S/C42H62O16/c1-37(2)21-8-11-42(7)31(20(43)16-18-19-17-39(4,36(53)54)13-12-38(19,3)14-15-41(18,42)6)40(21,5)10-9-22(37)55-35-30(26(47)25(46)29(57-35)33(51)52)58-34-27(48)23(44)24(45)28(56-34)32(49)50/h16,19,21-31,34-35,44-48H,8-15,17H2,1-7H3,(H,49,50)(H,51,52)(H,53,54)/t19-,21-,22-,23-,24+,25-,26-,27+,28-,29-,30+,31+,34-,35+,38+,39-,40-,41+,42+/m0/s1. The molecule has 2 heterocycles. The van der Waals surface area contributed by atoms with Crippen LogP contribution in [0.3, 0.4) is 0 Å². The molecular weight excluding hydrogens is 760 g/mol. The summed E-state index contributed by atoms with van der Waals surface area (Å²) in [7, 11) is 0. The van der Waals surface area contributed by atoms with Crippen LogP contribution in [-0.4, -0.2) is 132 Å². The van der Waals surface area contributed by atoms with Crippen LogP contribution in [0.25, 0.3) is 0 Å². The number of aliphatic hydroxyl groups excluding tert-OH is 5. The fourth-order valence-corrected chi connectivity index (χ4v) is 13.4. The van der Waals surface area contributed by atoms with E-state index in [1.165, 1.54) is 0 Å². The third-order valence-corrected chi connectivity index (χ3v) is 17.2. The van der Waals surface area contributed by atoms with Crippen LogP contribution >= 0.6 is 0 Å². The second kappa shape index (κ2) is 14.3. The highest BCUT2D eigenvalue weighted by Crippen LogP contribution is 2.75. The van der Waals surface area contributed by atoms with Crippen LogP contribution in [0.5, 0.6) is 0 Å². The van der Waals surface area contributed by atoms with Gasteiger partial charge in [-0.2, -0.15) is 0 Å².